The number of nitrogens with zero attached hydrogens (tertiary/aromatic N) is 2. The van der Waals surface area contributed by atoms with Crippen molar-refractivity contribution in [2.24, 2.45) is 7.05 Å². The summed E-state index contributed by atoms with van der Waals surface area (Å²) in [6.45, 7) is 5.70. The van der Waals surface area contributed by atoms with Gasteiger partial charge in [0, 0.05) is 33.5 Å². The highest BCUT2D eigenvalue weighted by molar-refractivity contribution is 5.77. The third-order valence-electron chi connectivity index (χ3n) is 3.14. The van der Waals surface area contributed by atoms with Crippen LogP contribution in [-0.2, 0) is 7.05 Å². The van der Waals surface area contributed by atoms with Gasteiger partial charge in [0.25, 0.3) is 0 Å². The van der Waals surface area contributed by atoms with E-state index < -0.39 is 5.54 Å². The summed E-state index contributed by atoms with van der Waals surface area (Å²) in [5.41, 5.74) is 2.74. The minimum Gasteiger partial charge on any atom is -0.623 e. The lowest BCUT2D eigenvalue weighted by atomic mass is 10.1. The highest BCUT2D eigenvalue weighted by Gasteiger charge is 2.19. The molecule has 1 aromatic carbocycles. The van der Waals surface area contributed by atoms with Crippen molar-refractivity contribution in [2.75, 3.05) is 0 Å². The van der Waals surface area contributed by atoms with Crippen LogP contribution in [0.4, 0.5) is 0 Å². The van der Waals surface area contributed by atoms with E-state index in [1.54, 1.807) is 6.21 Å². The van der Waals surface area contributed by atoms with Crippen molar-refractivity contribution >= 4 is 6.21 Å². The van der Waals surface area contributed by atoms with Crippen LogP contribution in [-0.4, -0.2) is 21.1 Å². The van der Waals surface area contributed by atoms with Crippen molar-refractivity contribution in [3.8, 4) is 11.3 Å². The molecule has 0 spiro atoms. The fraction of sp³-hybridized carbons (Fsp3) is 0.312. The number of hydrogen-bond donors (Lipinski definition) is 0. The standard InChI is InChI=1S/C16H20N2O/c1-16(2,3)18(19)12-14-10-11-15(17(14)4)13-8-6-5-7-9-13/h5-12H,1-4H3/b18-12-. The lowest BCUT2D eigenvalue weighted by Crippen LogP contribution is -2.29. The first kappa shape index (κ1) is 13.4. The van der Waals surface area contributed by atoms with Crippen LogP contribution in [0.15, 0.2) is 42.5 Å². The summed E-state index contributed by atoms with van der Waals surface area (Å²) in [4.78, 5) is 0. The Morgan fingerprint density at radius 2 is 1.68 bits per heavy atom. The molecular formula is C16H20N2O. The number of hydroxylamine groups is 1. The zero-order valence-electron chi connectivity index (χ0n) is 11.9. The van der Waals surface area contributed by atoms with Gasteiger partial charge in [0.2, 0.25) is 0 Å². The van der Waals surface area contributed by atoms with Gasteiger partial charge in [-0.1, -0.05) is 30.3 Å². The van der Waals surface area contributed by atoms with Gasteiger partial charge in [0.05, 0.1) is 0 Å². The fourth-order valence-electron chi connectivity index (χ4n) is 1.87. The molecule has 2 rings (SSSR count). The van der Waals surface area contributed by atoms with E-state index in [0.717, 1.165) is 21.7 Å². The molecule has 1 aromatic heterocycles. The first-order valence-electron chi connectivity index (χ1n) is 6.42. The molecule has 2 aromatic rings. The highest BCUT2D eigenvalue weighted by Crippen LogP contribution is 2.20. The van der Waals surface area contributed by atoms with Crippen LogP contribution in [0.1, 0.15) is 26.5 Å². The zero-order valence-corrected chi connectivity index (χ0v) is 11.9. The molecule has 100 valence electrons. The summed E-state index contributed by atoms with van der Waals surface area (Å²) in [5.74, 6) is 0. The average molecular weight is 256 g/mol. The molecule has 0 saturated heterocycles. The second-order valence-corrected chi connectivity index (χ2v) is 5.69. The summed E-state index contributed by atoms with van der Waals surface area (Å²) in [6.07, 6.45) is 1.65. The Bertz CT molecular complexity index is 589. The van der Waals surface area contributed by atoms with Crippen molar-refractivity contribution in [3.63, 3.8) is 0 Å². The summed E-state index contributed by atoms with van der Waals surface area (Å²) in [7, 11) is 1.98. The fourth-order valence-corrected chi connectivity index (χ4v) is 1.87. The third kappa shape index (κ3) is 2.87. The van der Waals surface area contributed by atoms with Crippen LogP contribution in [0.3, 0.4) is 0 Å². The van der Waals surface area contributed by atoms with Gasteiger partial charge >= 0.3 is 0 Å². The average Bonchev–Trinajstić information content (AvgIpc) is 2.71. The lowest BCUT2D eigenvalue weighted by Gasteiger charge is -2.18. The molecule has 0 unspecified atom stereocenters. The maximum absolute atomic E-state index is 12.0. The van der Waals surface area contributed by atoms with Crippen LogP contribution >= 0.6 is 0 Å². The van der Waals surface area contributed by atoms with Gasteiger partial charge in [-0.3, -0.25) is 0 Å². The molecule has 0 saturated carbocycles. The van der Waals surface area contributed by atoms with E-state index in [2.05, 4.69) is 12.1 Å². The smallest absolute Gasteiger partial charge is 0.198 e. The number of aromatic nitrogens is 1. The number of hydrogen-bond acceptors (Lipinski definition) is 1. The van der Waals surface area contributed by atoms with Gasteiger partial charge in [-0.15, -0.1) is 0 Å². The number of rotatable bonds is 2. The largest absolute Gasteiger partial charge is 0.623 e. The highest BCUT2D eigenvalue weighted by atomic mass is 16.5. The minimum absolute atomic E-state index is 0.419. The topological polar surface area (TPSA) is 31.0 Å². The monoisotopic (exact) mass is 256 g/mol. The SMILES string of the molecule is Cn1c(/C=[N+](\[O-])C(C)(C)C)ccc1-c1ccccc1. The third-order valence-corrected chi connectivity index (χ3v) is 3.14. The summed E-state index contributed by atoms with van der Waals surface area (Å²) < 4.78 is 3.03. The minimum atomic E-state index is -0.419. The first-order valence-corrected chi connectivity index (χ1v) is 6.42. The van der Waals surface area contributed by atoms with Crippen molar-refractivity contribution < 1.29 is 4.74 Å². The molecule has 0 amide bonds. The van der Waals surface area contributed by atoms with Gasteiger partial charge in [-0.05, 0) is 17.7 Å². The van der Waals surface area contributed by atoms with E-state index in [1.807, 2.05) is 62.7 Å². The normalized spacial score (nSPS) is 12.7. The van der Waals surface area contributed by atoms with E-state index in [1.165, 1.54) is 0 Å². The van der Waals surface area contributed by atoms with Gasteiger partial charge in [-0.2, -0.15) is 0 Å². The van der Waals surface area contributed by atoms with E-state index in [4.69, 9.17) is 0 Å². The molecule has 0 fully saturated rings. The maximum atomic E-state index is 12.0. The first-order chi connectivity index (χ1) is 8.89. The van der Waals surface area contributed by atoms with Gasteiger partial charge in [0.15, 0.2) is 11.8 Å². The molecule has 1 heterocycles. The molecule has 0 aliphatic rings. The lowest BCUT2D eigenvalue weighted by molar-refractivity contribution is -0.530. The Kier molecular flexibility index (Phi) is 3.47. The summed E-state index contributed by atoms with van der Waals surface area (Å²) in [6, 6.07) is 14.2. The second-order valence-electron chi connectivity index (χ2n) is 5.69. The predicted octanol–water partition coefficient (Wildman–Crippen LogP) is 3.42. The Labute approximate surface area is 114 Å². The number of benzene rings is 1. The molecule has 0 aliphatic carbocycles. The molecule has 0 N–H and O–H groups in total. The Morgan fingerprint density at radius 1 is 1.05 bits per heavy atom. The van der Waals surface area contributed by atoms with Gasteiger partial charge < -0.3 is 9.77 Å². The maximum Gasteiger partial charge on any atom is 0.198 e. The van der Waals surface area contributed by atoms with Crippen LogP contribution in [0.2, 0.25) is 0 Å². The Morgan fingerprint density at radius 3 is 2.26 bits per heavy atom. The van der Waals surface area contributed by atoms with Gasteiger partial charge in [-0.25, -0.2) is 4.74 Å². The molecule has 3 nitrogen and oxygen atoms in total. The second kappa shape index (κ2) is 4.92. The molecule has 3 heteroatoms. The molecule has 0 aliphatic heterocycles. The van der Waals surface area contributed by atoms with E-state index in [9.17, 15) is 5.21 Å². The molecule has 19 heavy (non-hydrogen) atoms. The molecule has 0 atom stereocenters. The molecule has 0 bridgehead atoms. The Balaban J connectivity index is 2.40. The zero-order chi connectivity index (χ0) is 14.0. The van der Waals surface area contributed by atoms with Gasteiger partial charge in [0.1, 0.15) is 5.69 Å². The van der Waals surface area contributed by atoms with Crippen molar-refractivity contribution in [1.29, 1.82) is 0 Å². The van der Waals surface area contributed by atoms with Crippen molar-refractivity contribution in [3.05, 3.63) is 53.4 Å². The predicted molar refractivity (Wildman–Crippen MR) is 79.4 cm³/mol. The van der Waals surface area contributed by atoms with E-state index >= 15 is 0 Å². The van der Waals surface area contributed by atoms with Crippen LogP contribution in [0, 0.1) is 5.21 Å². The van der Waals surface area contributed by atoms with Crippen molar-refractivity contribution in [1.82, 2.24) is 4.57 Å². The van der Waals surface area contributed by atoms with Crippen LogP contribution < -0.4 is 0 Å². The van der Waals surface area contributed by atoms with Crippen LogP contribution in [0.5, 0.6) is 0 Å². The quantitative estimate of drug-likeness (QED) is 0.350. The van der Waals surface area contributed by atoms with Crippen molar-refractivity contribution in [2.45, 2.75) is 26.3 Å². The van der Waals surface area contributed by atoms with E-state index in [0.29, 0.717) is 0 Å². The van der Waals surface area contributed by atoms with E-state index in [-0.39, 0.29) is 0 Å². The Hall–Kier alpha value is -2.03. The molecule has 0 radical (unpaired) electrons. The van der Waals surface area contributed by atoms with Crippen LogP contribution in [0.25, 0.3) is 11.3 Å². The molecular weight excluding hydrogens is 236 g/mol. The summed E-state index contributed by atoms with van der Waals surface area (Å²) >= 11 is 0. The summed E-state index contributed by atoms with van der Waals surface area (Å²) in [5, 5.41) is 12.0.